The van der Waals surface area contributed by atoms with E-state index in [1.54, 1.807) is 0 Å². The van der Waals surface area contributed by atoms with Gasteiger partial charge in [0.25, 0.3) is 0 Å². The number of hydrogen-bond donors (Lipinski definition) is 0. The van der Waals surface area contributed by atoms with Crippen LogP contribution in [0.2, 0.25) is 0 Å². The molecule has 0 saturated carbocycles. The average Bonchev–Trinajstić information content (AvgIpc) is 2.39. The van der Waals surface area contributed by atoms with Gasteiger partial charge in [-0.15, -0.1) is 0 Å². The second-order valence-electron chi connectivity index (χ2n) is 4.19. The molecule has 0 atom stereocenters. The van der Waals surface area contributed by atoms with Gasteiger partial charge in [0.2, 0.25) is 0 Å². The molecule has 88 valence electrons. The molecule has 0 saturated heterocycles. The molecule has 0 N–H and O–H groups in total. The second kappa shape index (κ2) is 4.11. The van der Waals surface area contributed by atoms with Crippen molar-refractivity contribution < 1.29 is 4.42 Å². The van der Waals surface area contributed by atoms with E-state index in [2.05, 4.69) is 4.98 Å². The van der Waals surface area contributed by atoms with Gasteiger partial charge >= 0.3 is 5.63 Å². The zero-order valence-electron chi connectivity index (χ0n) is 9.88. The van der Waals surface area contributed by atoms with Crippen molar-refractivity contribution in [1.82, 2.24) is 4.98 Å². The van der Waals surface area contributed by atoms with Crippen LogP contribution in [0.5, 0.6) is 0 Å². The molecule has 0 aliphatic rings. The topological polar surface area (TPSA) is 43.1 Å². The van der Waals surface area contributed by atoms with Gasteiger partial charge in [-0.05, 0) is 24.6 Å². The summed E-state index contributed by atoms with van der Waals surface area (Å²) in [6, 6.07) is 15.0. The van der Waals surface area contributed by atoms with Gasteiger partial charge in [0.05, 0.1) is 0 Å². The van der Waals surface area contributed by atoms with Crippen LogP contribution in [0.1, 0.15) is 5.56 Å². The number of rotatable bonds is 1. The fourth-order valence-corrected chi connectivity index (χ4v) is 1.89. The fraction of sp³-hybridized carbons (Fsp3) is 0.0667. The van der Waals surface area contributed by atoms with Crippen molar-refractivity contribution in [3.8, 4) is 11.3 Å². The molecule has 18 heavy (non-hydrogen) atoms. The Labute approximate surface area is 104 Å². The van der Waals surface area contributed by atoms with Gasteiger partial charge in [0.1, 0.15) is 5.52 Å². The van der Waals surface area contributed by atoms with Crippen molar-refractivity contribution in [3.05, 3.63) is 64.5 Å². The van der Waals surface area contributed by atoms with E-state index in [1.807, 2.05) is 55.5 Å². The lowest BCUT2D eigenvalue weighted by atomic mass is 10.1. The Kier molecular flexibility index (Phi) is 2.45. The van der Waals surface area contributed by atoms with E-state index in [0.29, 0.717) is 16.8 Å². The molecular weight excluding hydrogens is 226 g/mol. The van der Waals surface area contributed by atoms with E-state index in [-0.39, 0.29) is 0 Å². The fourth-order valence-electron chi connectivity index (χ4n) is 1.89. The number of hydrogen-bond acceptors (Lipinski definition) is 3. The Morgan fingerprint density at radius 1 is 1.06 bits per heavy atom. The van der Waals surface area contributed by atoms with Crippen molar-refractivity contribution in [3.63, 3.8) is 0 Å². The summed E-state index contributed by atoms with van der Waals surface area (Å²) >= 11 is 0. The summed E-state index contributed by atoms with van der Waals surface area (Å²) in [4.78, 5) is 16.3. The highest BCUT2D eigenvalue weighted by atomic mass is 16.4. The summed E-state index contributed by atoms with van der Waals surface area (Å²) in [7, 11) is 0. The lowest BCUT2D eigenvalue weighted by Gasteiger charge is -2.02. The lowest BCUT2D eigenvalue weighted by Crippen LogP contribution is -2.05. The minimum Gasteiger partial charge on any atom is -0.419 e. The third kappa shape index (κ3) is 1.80. The standard InChI is InChI=1S/C15H11NO2/c1-10-7-8-12-13(9-10)18-15(17)14(16-12)11-5-3-2-4-6-11/h2-9H,1H3. The quantitative estimate of drug-likeness (QED) is 0.653. The number of nitrogens with zero attached hydrogens (tertiary/aromatic N) is 1. The molecule has 1 heterocycles. The molecule has 3 nitrogen and oxygen atoms in total. The first-order chi connectivity index (χ1) is 8.74. The maximum Gasteiger partial charge on any atom is 0.363 e. The van der Waals surface area contributed by atoms with E-state index >= 15 is 0 Å². The van der Waals surface area contributed by atoms with Crippen LogP contribution >= 0.6 is 0 Å². The van der Waals surface area contributed by atoms with E-state index in [1.165, 1.54) is 0 Å². The second-order valence-corrected chi connectivity index (χ2v) is 4.19. The molecule has 0 aliphatic heterocycles. The smallest absolute Gasteiger partial charge is 0.363 e. The first-order valence-electron chi connectivity index (χ1n) is 5.71. The Hall–Kier alpha value is -2.42. The zero-order valence-corrected chi connectivity index (χ0v) is 9.88. The van der Waals surface area contributed by atoms with E-state index in [9.17, 15) is 4.79 Å². The predicted molar refractivity (Wildman–Crippen MR) is 70.5 cm³/mol. The van der Waals surface area contributed by atoms with Crippen LogP contribution < -0.4 is 5.63 Å². The lowest BCUT2D eigenvalue weighted by molar-refractivity contribution is 0.557. The van der Waals surface area contributed by atoms with Crippen molar-refractivity contribution in [2.45, 2.75) is 6.92 Å². The highest BCUT2D eigenvalue weighted by molar-refractivity contribution is 5.75. The highest BCUT2D eigenvalue weighted by Gasteiger charge is 2.08. The molecule has 3 aromatic rings. The van der Waals surface area contributed by atoms with Crippen molar-refractivity contribution in [1.29, 1.82) is 0 Å². The van der Waals surface area contributed by atoms with Crippen LogP contribution in [-0.2, 0) is 0 Å². The van der Waals surface area contributed by atoms with E-state index in [4.69, 9.17) is 4.42 Å². The van der Waals surface area contributed by atoms with Gasteiger partial charge in [0.15, 0.2) is 11.3 Å². The van der Waals surface area contributed by atoms with E-state index in [0.717, 1.165) is 11.1 Å². The summed E-state index contributed by atoms with van der Waals surface area (Å²) in [5.41, 5.74) is 2.98. The van der Waals surface area contributed by atoms with Crippen LogP contribution in [0.25, 0.3) is 22.4 Å². The van der Waals surface area contributed by atoms with Crippen LogP contribution in [0.3, 0.4) is 0 Å². The Morgan fingerprint density at radius 2 is 1.83 bits per heavy atom. The summed E-state index contributed by atoms with van der Waals surface area (Å²) < 4.78 is 5.31. The molecule has 0 fully saturated rings. The van der Waals surface area contributed by atoms with Gasteiger partial charge in [-0.25, -0.2) is 9.78 Å². The molecule has 0 radical (unpaired) electrons. The normalized spacial score (nSPS) is 10.7. The number of aromatic nitrogens is 1. The summed E-state index contributed by atoms with van der Waals surface area (Å²) in [5, 5.41) is 0. The van der Waals surface area contributed by atoms with Crippen molar-refractivity contribution >= 4 is 11.1 Å². The van der Waals surface area contributed by atoms with Gasteiger partial charge in [-0.2, -0.15) is 0 Å². The highest BCUT2D eigenvalue weighted by Crippen LogP contribution is 2.17. The van der Waals surface area contributed by atoms with Gasteiger partial charge in [-0.1, -0.05) is 36.4 Å². The van der Waals surface area contributed by atoms with E-state index < -0.39 is 5.63 Å². The number of aryl methyl sites for hydroxylation is 1. The predicted octanol–water partition coefficient (Wildman–Crippen LogP) is 3.16. The monoisotopic (exact) mass is 237 g/mol. The van der Waals surface area contributed by atoms with Crippen molar-refractivity contribution in [2.24, 2.45) is 0 Å². The maximum absolute atomic E-state index is 11.9. The molecule has 3 heteroatoms. The Balaban J connectivity index is 2.29. The van der Waals surface area contributed by atoms with Gasteiger partial charge < -0.3 is 4.42 Å². The molecular formula is C15H11NO2. The first-order valence-corrected chi connectivity index (χ1v) is 5.71. The number of benzene rings is 2. The van der Waals surface area contributed by atoms with Crippen molar-refractivity contribution in [2.75, 3.05) is 0 Å². The molecule has 3 rings (SSSR count). The van der Waals surface area contributed by atoms with Crippen LogP contribution in [-0.4, -0.2) is 4.98 Å². The number of fused-ring (bicyclic) bond motifs is 1. The first kappa shape index (κ1) is 10.7. The molecule has 0 spiro atoms. The van der Waals surface area contributed by atoms with Crippen LogP contribution in [0.4, 0.5) is 0 Å². The summed E-state index contributed by atoms with van der Waals surface area (Å²) in [6.07, 6.45) is 0. The zero-order chi connectivity index (χ0) is 12.5. The summed E-state index contributed by atoms with van der Waals surface area (Å²) in [5.74, 6) is 0. The maximum atomic E-state index is 11.9. The molecule has 0 amide bonds. The third-order valence-electron chi connectivity index (χ3n) is 2.79. The SMILES string of the molecule is Cc1ccc2nc(-c3ccccc3)c(=O)oc2c1. The van der Waals surface area contributed by atoms with Gasteiger partial charge in [0, 0.05) is 5.56 Å². The minimum atomic E-state index is -0.403. The third-order valence-corrected chi connectivity index (χ3v) is 2.79. The molecule has 0 aliphatic carbocycles. The van der Waals surface area contributed by atoms with Crippen LogP contribution in [0, 0.1) is 6.92 Å². The molecule has 0 bridgehead atoms. The largest absolute Gasteiger partial charge is 0.419 e. The minimum absolute atomic E-state index is 0.354. The average molecular weight is 237 g/mol. The molecule has 2 aromatic carbocycles. The van der Waals surface area contributed by atoms with Crippen LogP contribution in [0.15, 0.2) is 57.7 Å². The Morgan fingerprint density at radius 3 is 2.61 bits per heavy atom. The van der Waals surface area contributed by atoms with Gasteiger partial charge in [-0.3, -0.25) is 0 Å². The summed E-state index contributed by atoms with van der Waals surface area (Å²) in [6.45, 7) is 1.95. The molecule has 0 unspecified atom stereocenters. The Bertz CT molecular complexity index is 760. The molecule has 1 aromatic heterocycles.